The smallest absolute Gasteiger partial charge is 0.412 e. The van der Waals surface area contributed by atoms with Crippen molar-refractivity contribution in [3.05, 3.63) is 29.6 Å². The predicted octanol–water partition coefficient (Wildman–Crippen LogP) is 4.13. The summed E-state index contributed by atoms with van der Waals surface area (Å²) < 4.78 is 23.7. The van der Waals surface area contributed by atoms with Crippen LogP contribution in [0.25, 0.3) is 0 Å². The van der Waals surface area contributed by atoms with Crippen LogP contribution in [0.1, 0.15) is 51.9 Å². The number of benzene rings is 1. The van der Waals surface area contributed by atoms with Gasteiger partial charge in [0.2, 0.25) is 0 Å². The molecule has 1 amide bonds. The zero-order valence-corrected chi connectivity index (χ0v) is 13.7. The fourth-order valence-corrected chi connectivity index (χ4v) is 1.54. The van der Waals surface area contributed by atoms with E-state index in [2.05, 4.69) is 5.32 Å². The summed E-state index contributed by atoms with van der Waals surface area (Å²) in [5, 5.41) is 2.37. The van der Waals surface area contributed by atoms with Crippen molar-refractivity contribution >= 4 is 17.7 Å². The zero-order chi connectivity index (χ0) is 17.1. The Bertz CT molecular complexity index is 570. The maximum Gasteiger partial charge on any atom is 0.412 e. The SMILES string of the molecule is CC(C)(C)OC(=O)Nc1cc(F)ccc1C(=O)OC(C)(C)C. The number of ether oxygens (including phenoxy) is 2. The Morgan fingerprint density at radius 2 is 1.55 bits per heavy atom. The van der Waals surface area contributed by atoms with Crippen molar-refractivity contribution in [1.29, 1.82) is 0 Å². The van der Waals surface area contributed by atoms with Crippen molar-refractivity contribution in [2.45, 2.75) is 52.7 Å². The molecule has 122 valence electrons. The lowest BCUT2D eigenvalue weighted by Gasteiger charge is -2.22. The van der Waals surface area contributed by atoms with Crippen molar-refractivity contribution < 1.29 is 23.5 Å². The van der Waals surface area contributed by atoms with Gasteiger partial charge in [-0.2, -0.15) is 0 Å². The largest absolute Gasteiger partial charge is 0.456 e. The van der Waals surface area contributed by atoms with Crippen molar-refractivity contribution in [3.63, 3.8) is 0 Å². The molecule has 5 nitrogen and oxygen atoms in total. The highest BCUT2D eigenvalue weighted by molar-refractivity contribution is 5.99. The molecule has 0 spiro atoms. The van der Waals surface area contributed by atoms with Gasteiger partial charge in [-0.05, 0) is 59.7 Å². The van der Waals surface area contributed by atoms with Gasteiger partial charge < -0.3 is 9.47 Å². The Hall–Kier alpha value is -2.11. The van der Waals surface area contributed by atoms with Gasteiger partial charge in [-0.15, -0.1) is 0 Å². The normalized spacial score (nSPS) is 11.8. The molecule has 0 atom stereocenters. The summed E-state index contributed by atoms with van der Waals surface area (Å²) in [5.74, 6) is -1.24. The Labute approximate surface area is 129 Å². The van der Waals surface area contributed by atoms with Crippen LogP contribution >= 0.6 is 0 Å². The Morgan fingerprint density at radius 3 is 2.05 bits per heavy atom. The molecule has 1 aromatic carbocycles. The number of anilines is 1. The summed E-state index contributed by atoms with van der Waals surface area (Å²) in [4.78, 5) is 23.9. The molecule has 1 N–H and O–H groups in total. The van der Waals surface area contributed by atoms with Crippen molar-refractivity contribution in [3.8, 4) is 0 Å². The third-order valence-corrected chi connectivity index (χ3v) is 2.24. The summed E-state index contributed by atoms with van der Waals surface area (Å²) in [6, 6.07) is 3.43. The van der Waals surface area contributed by atoms with Gasteiger partial charge in [0.15, 0.2) is 0 Å². The van der Waals surface area contributed by atoms with Crippen LogP contribution in [0.4, 0.5) is 14.9 Å². The topological polar surface area (TPSA) is 64.6 Å². The number of hydrogen-bond donors (Lipinski definition) is 1. The van der Waals surface area contributed by atoms with E-state index in [4.69, 9.17) is 9.47 Å². The van der Waals surface area contributed by atoms with Gasteiger partial charge in [-0.3, -0.25) is 5.32 Å². The fraction of sp³-hybridized carbons (Fsp3) is 0.500. The number of carbonyl (C=O) groups is 2. The summed E-state index contributed by atoms with van der Waals surface area (Å²) in [5.41, 5.74) is -1.34. The number of amides is 1. The molecule has 0 fully saturated rings. The molecular weight excluding hydrogens is 289 g/mol. The first-order valence-corrected chi connectivity index (χ1v) is 6.90. The van der Waals surface area contributed by atoms with Gasteiger partial charge in [0, 0.05) is 0 Å². The van der Waals surface area contributed by atoms with Gasteiger partial charge in [-0.1, -0.05) is 0 Å². The third kappa shape index (κ3) is 6.11. The molecule has 0 aliphatic heterocycles. The van der Waals surface area contributed by atoms with Gasteiger partial charge in [0.05, 0.1) is 11.3 Å². The highest BCUT2D eigenvalue weighted by Gasteiger charge is 2.23. The molecule has 0 aliphatic rings. The summed E-state index contributed by atoms with van der Waals surface area (Å²) in [6.07, 6.45) is -0.775. The molecule has 0 radical (unpaired) electrons. The lowest BCUT2D eigenvalue weighted by molar-refractivity contribution is 0.00707. The van der Waals surface area contributed by atoms with Crippen molar-refractivity contribution in [1.82, 2.24) is 0 Å². The first-order valence-electron chi connectivity index (χ1n) is 6.90. The first-order chi connectivity index (χ1) is 9.87. The minimum atomic E-state index is -0.775. The minimum Gasteiger partial charge on any atom is -0.456 e. The predicted molar refractivity (Wildman–Crippen MR) is 81.4 cm³/mol. The van der Waals surface area contributed by atoms with Crippen molar-refractivity contribution in [2.75, 3.05) is 5.32 Å². The minimum absolute atomic E-state index is 0.00324. The summed E-state index contributed by atoms with van der Waals surface area (Å²) in [7, 11) is 0. The highest BCUT2D eigenvalue weighted by atomic mass is 19.1. The van der Waals surface area contributed by atoms with Crippen LogP contribution in [-0.4, -0.2) is 23.3 Å². The second kappa shape index (κ2) is 6.34. The van der Waals surface area contributed by atoms with Crippen LogP contribution in [0, 0.1) is 5.82 Å². The van der Waals surface area contributed by atoms with Crippen molar-refractivity contribution in [2.24, 2.45) is 0 Å². The Morgan fingerprint density at radius 1 is 1.00 bits per heavy atom. The van der Waals surface area contributed by atoms with E-state index in [9.17, 15) is 14.0 Å². The molecule has 1 rings (SSSR count). The summed E-state index contributed by atoms with van der Waals surface area (Å²) in [6.45, 7) is 10.3. The van der Waals surface area contributed by atoms with Crippen LogP contribution in [0.2, 0.25) is 0 Å². The van der Waals surface area contributed by atoms with Crippen LogP contribution in [0.15, 0.2) is 18.2 Å². The van der Waals surface area contributed by atoms with Gasteiger partial charge in [0.1, 0.15) is 17.0 Å². The molecule has 22 heavy (non-hydrogen) atoms. The van der Waals surface area contributed by atoms with E-state index in [1.165, 1.54) is 6.07 Å². The maximum absolute atomic E-state index is 13.4. The number of esters is 1. The second-order valence-electron chi connectivity index (χ2n) is 6.82. The molecule has 1 aromatic rings. The Balaban J connectivity index is 3.01. The summed E-state index contributed by atoms with van der Waals surface area (Å²) >= 11 is 0. The third-order valence-electron chi connectivity index (χ3n) is 2.24. The van der Waals surface area contributed by atoms with Crippen LogP contribution in [0.3, 0.4) is 0 Å². The lowest BCUT2D eigenvalue weighted by atomic mass is 10.1. The van der Waals surface area contributed by atoms with Gasteiger partial charge >= 0.3 is 12.1 Å². The fourth-order valence-electron chi connectivity index (χ4n) is 1.54. The quantitative estimate of drug-likeness (QED) is 0.834. The highest BCUT2D eigenvalue weighted by Crippen LogP contribution is 2.22. The molecule has 0 saturated heterocycles. The second-order valence-corrected chi connectivity index (χ2v) is 6.82. The average molecular weight is 311 g/mol. The van der Waals surface area contributed by atoms with Crippen LogP contribution in [-0.2, 0) is 9.47 Å². The zero-order valence-electron chi connectivity index (χ0n) is 13.7. The first kappa shape index (κ1) is 17.9. The molecule has 0 saturated carbocycles. The standard InChI is InChI=1S/C16H22FNO4/c1-15(2,3)21-13(19)11-8-7-10(17)9-12(11)18-14(20)22-16(4,5)6/h7-9H,1-6H3,(H,18,20). The van der Waals surface area contributed by atoms with E-state index in [0.717, 1.165) is 12.1 Å². The monoisotopic (exact) mass is 311 g/mol. The number of nitrogens with one attached hydrogen (secondary N) is 1. The van der Waals surface area contributed by atoms with Gasteiger partial charge in [0.25, 0.3) is 0 Å². The van der Waals surface area contributed by atoms with Crippen LogP contribution < -0.4 is 5.32 Å². The number of carbonyl (C=O) groups excluding carboxylic acids is 2. The van der Waals surface area contributed by atoms with Gasteiger partial charge in [-0.25, -0.2) is 14.0 Å². The van der Waals surface area contributed by atoms with E-state index < -0.39 is 29.1 Å². The van der Waals surface area contributed by atoms with E-state index in [0.29, 0.717) is 0 Å². The molecule has 6 heteroatoms. The molecule has 0 bridgehead atoms. The molecular formula is C16H22FNO4. The number of halogens is 1. The Kier molecular flexibility index (Phi) is 5.17. The molecule has 0 aromatic heterocycles. The average Bonchev–Trinajstić information content (AvgIpc) is 2.23. The molecule has 0 heterocycles. The van der Waals surface area contributed by atoms with Crippen LogP contribution in [0.5, 0.6) is 0 Å². The number of rotatable bonds is 2. The van der Waals surface area contributed by atoms with E-state index in [-0.39, 0.29) is 11.3 Å². The molecule has 0 unspecified atom stereocenters. The van der Waals surface area contributed by atoms with E-state index >= 15 is 0 Å². The van der Waals surface area contributed by atoms with E-state index in [1.54, 1.807) is 41.5 Å². The lowest BCUT2D eigenvalue weighted by Crippen LogP contribution is -2.28. The molecule has 0 aliphatic carbocycles. The van der Waals surface area contributed by atoms with E-state index in [1.807, 2.05) is 0 Å². The maximum atomic E-state index is 13.4. The number of hydrogen-bond acceptors (Lipinski definition) is 4.